The first-order chi connectivity index (χ1) is 15.9. The molecule has 7 nitrogen and oxygen atoms in total. The van der Waals surface area contributed by atoms with Crippen LogP contribution in [0.25, 0.3) is 11.6 Å². The molecule has 2 aromatic heterocycles. The van der Waals surface area contributed by atoms with Crippen LogP contribution < -0.4 is 15.6 Å². The smallest absolute Gasteiger partial charge is 0.351 e. The van der Waals surface area contributed by atoms with Crippen LogP contribution >= 0.6 is 23.6 Å². The number of hydrogen-bond acceptors (Lipinski definition) is 8. The minimum atomic E-state index is -0.847. The second kappa shape index (κ2) is 7.43. The van der Waals surface area contributed by atoms with Gasteiger partial charge in [-0.3, -0.25) is 9.36 Å². The third-order valence-corrected chi connectivity index (χ3v) is 8.20. The number of phenolic OH excluding ortho intramolecular Hbond substituents is 1. The molecule has 3 heterocycles. The molecule has 1 aliphatic heterocycles. The van der Waals surface area contributed by atoms with Crippen molar-refractivity contribution in [2.45, 2.75) is 31.7 Å². The van der Waals surface area contributed by atoms with E-state index in [-0.39, 0.29) is 40.0 Å². The van der Waals surface area contributed by atoms with Crippen molar-refractivity contribution in [3.63, 3.8) is 0 Å². The molecule has 0 spiro atoms. The summed E-state index contributed by atoms with van der Waals surface area (Å²) in [6.07, 6.45) is 6.36. The van der Waals surface area contributed by atoms with Crippen LogP contribution in [-0.2, 0) is 4.79 Å². The number of rotatable bonds is 2. The van der Waals surface area contributed by atoms with Gasteiger partial charge in [0, 0.05) is 18.2 Å². The fourth-order valence-corrected chi connectivity index (χ4v) is 6.74. The second-order valence-electron chi connectivity index (χ2n) is 8.79. The lowest BCUT2D eigenvalue weighted by atomic mass is 9.95. The largest absolute Gasteiger partial charge is 0.508 e. The van der Waals surface area contributed by atoms with E-state index in [0.717, 1.165) is 12.3 Å². The Hall–Kier alpha value is -3.17. The predicted molar refractivity (Wildman–Crippen MR) is 122 cm³/mol. The van der Waals surface area contributed by atoms with Gasteiger partial charge in [-0.1, -0.05) is 6.42 Å². The summed E-state index contributed by atoms with van der Waals surface area (Å²) in [6, 6.07) is 7.37. The topological polar surface area (TPSA) is 102 Å². The molecular formula is C24H19NO6S2. The fraction of sp³-hybridized carbons (Fsp3) is 0.292. The van der Waals surface area contributed by atoms with Crippen LogP contribution in [0.5, 0.6) is 17.4 Å². The number of ether oxygens (including phenoxy) is 1. The molecule has 168 valence electrons. The molecule has 3 unspecified atom stereocenters. The molecule has 33 heavy (non-hydrogen) atoms. The molecule has 0 radical (unpaired) electrons. The van der Waals surface area contributed by atoms with Gasteiger partial charge in [-0.05, 0) is 67.6 Å². The van der Waals surface area contributed by atoms with Crippen LogP contribution in [-0.4, -0.2) is 26.5 Å². The first-order valence-corrected chi connectivity index (χ1v) is 12.0. The lowest BCUT2D eigenvalue weighted by Gasteiger charge is -2.23. The number of ketones is 1. The van der Waals surface area contributed by atoms with Gasteiger partial charge < -0.3 is 19.4 Å². The van der Waals surface area contributed by atoms with Gasteiger partial charge in [-0.25, -0.2) is 4.79 Å². The molecule has 2 fully saturated rings. The van der Waals surface area contributed by atoms with E-state index in [2.05, 4.69) is 0 Å². The zero-order valence-electron chi connectivity index (χ0n) is 17.3. The Labute approximate surface area is 196 Å². The number of esters is 1. The molecule has 0 saturated heterocycles. The van der Waals surface area contributed by atoms with Crippen LogP contribution in [0, 0.1) is 15.8 Å². The van der Waals surface area contributed by atoms with E-state index in [9.17, 15) is 19.8 Å². The SMILES string of the molecule is O=C1Oc2cc(O)ccc2C(=O)C1=c1ccc(=Cc2sc(=S)n(C3CC4CCC3C4)c2O)o1. The number of phenols is 1. The van der Waals surface area contributed by atoms with Crippen molar-refractivity contribution in [2.24, 2.45) is 11.8 Å². The number of thiazole rings is 1. The van der Waals surface area contributed by atoms with Crippen LogP contribution in [0.15, 0.2) is 34.7 Å². The molecule has 9 heteroatoms. The van der Waals surface area contributed by atoms with E-state index in [1.165, 1.54) is 54.9 Å². The van der Waals surface area contributed by atoms with Crippen LogP contribution in [0.2, 0.25) is 0 Å². The Morgan fingerprint density at radius 3 is 2.73 bits per heavy atom. The number of aromatic hydroxyl groups is 2. The summed E-state index contributed by atoms with van der Waals surface area (Å²) in [5.41, 5.74) is 0.402. The molecular weight excluding hydrogens is 462 g/mol. The van der Waals surface area contributed by atoms with Crippen molar-refractivity contribution >= 4 is 47.0 Å². The molecule has 2 N–H and O–H groups in total. The second-order valence-corrected chi connectivity index (χ2v) is 10.5. The highest BCUT2D eigenvalue weighted by Crippen LogP contribution is 2.52. The third-order valence-electron chi connectivity index (χ3n) is 6.87. The van der Waals surface area contributed by atoms with E-state index in [1.54, 1.807) is 12.1 Å². The summed E-state index contributed by atoms with van der Waals surface area (Å²) in [5, 5.41) is 20.5. The Bertz CT molecular complexity index is 1510. The highest BCUT2D eigenvalue weighted by molar-refractivity contribution is 7.73. The van der Waals surface area contributed by atoms with Crippen molar-refractivity contribution in [3.8, 4) is 17.4 Å². The Morgan fingerprint density at radius 1 is 1.12 bits per heavy atom. The summed E-state index contributed by atoms with van der Waals surface area (Å²) < 4.78 is 13.5. The quantitative estimate of drug-likeness (QED) is 0.329. The number of aromatic nitrogens is 1. The van der Waals surface area contributed by atoms with Gasteiger partial charge in [-0.2, -0.15) is 0 Å². The number of carbonyl (C=O) groups is 2. The maximum Gasteiger partial charge on any atom is 0.351 e. The molecule has 2 bridgehead atoms. The minimum absolute atomic E-state index is 0.0127. The van der Waals surface area contributed by atoms with Gasteiger partial charge in [0.2, 0.25) is 11.7 Å². The van der Waals surface area contributed by atoms with Crippen LogP contribution in [0.4, 0.5) is 0 Å². The van der Waals surface area contributed by atoms with Gasteiger partial charge in [-0.15, -0.1) is 11.3 Å². The molecule has 2 aliphatic carbocycles. The standard InChI is InChI=1S/C24H19NO6S2/c26-13-3-5-15-18(9-13)31-23(29)20(21(15)27)17-6-4-14(30-17)10-19-22(28)25(24(32)33-19)16-8-11-1-2-12(16)7-11/h3-6,9-12,16,26,28H,1-2,7-8H2. The predicted octanol–water partition coefficient (Wildman–Crippen LogP) is 3.43. The van der Waals surface area contributed by atoms with Gasteiger partial charge in [0.25, 0.3) is 0 Å². The maximum atomic E-state index is 12.9. The Morgan fingerprint density at radius 2 is 1.97 bits per heavy atom. The van der Waals surface area contributed by atoms with Gasteiger partial charge in [0.15, 0.2) is 9.53 Å². The summed E-state index contributed by atoms with van der Waals surface area (Å²) in [5.74, 6) is -0.0565. The maximum absolute atomic E-state index is 12.9. The molecule has 3 atom stereocenters. The van der Waals surface area contributed by atoms with E-state index in [4.69, 9.17) is 21.4 Å². The summed E-state index contributed by atoms with van der Waals surface area (Å²) in [4.78, 5) is 25.9. The zero-order chi connectivity index (χ0) is 22.9. The van der Waals surface area contributed by atoms with E-state index in [0.29, 0.717) is 20.2 Å². The summed E-state index contributed by atoms with van der Waals surface area (Å²) >= 11 is 6.87. The third kappa shape index (κ3) is 3.26. The highest BCUT2D eigenvalue weighted by atomic mass is 32.1. The lowest BCUT2D eigenvalue weighted by Crippen LogP contribution is -2.29. The molecule has 6 rings (SSSR count). The van der Waals surface area contributed by atoms with E-state index < -0.39 is 11.8 Å². The summed E-state index contributed by atoms with van der Waals surface area (Å²) in [6.45, 7) is 0. The first kappa shape index (κ1) is 20.4. The average Bonchev–Trinajstić information content (AvgIpc) is 3.54. The van der Waals surface area contributed by atoms with Gasteiger partial charge >= 0.3 is 5.97 Å². The lowest BCUT2D eigenvalue weighted by molar-refractivity contribution is -0.128. The molecule has 0 amide bonds. The monoisotopic (exact) mass is 481 g/mol. The van der Waals surface area contributed by atoms with Crippen LogP contribution in [0.1, 0.15) is 47.0 Å². The van der Waals surface area contributed by atoms with Crippen LogP contribution in [0.3, 0.4) is 0 Å². The Kier molecular flexibility index (Phi) is 4.60. The number of nitrogens with zero attached hydrogens (tertiary/aromatic N) is 1. The van der Waals surface area contributed by atoms with Crippen molar-refractivity contribution in [3.05, 3.63) is 55.6 Å². The number of Topliss-reactive ketones (excluding diaryl/α,β-unsaturated/α-hetero) is 1. The first-order valence-electron chi connectivity index (χ1n) is 10.7. The van der Waals surface area contributed by atoms with Crippen molar-refractivity contribution in [2.75, 3.05) is 0 Å². The van der Waals surface area contributed by atoms with E-state index in [1.807, 2.05) is 4.57 Å². The number of furan rings is 1. The highest BCUT2D eigenvalue weighted by Gasteiger charge is 2.41. The van der Waals surface area contributed by atoms with Gasteiger partial charge in [0.05, 0.1) is 10.4 Å². The van der Waals surface area contributed by atoms with Crippen molar-refractivity contribution in [1.29, 1.82) is 0 Å². The van der Waals surface area contributed by atoms with Crippen molar-refractivity contribution in [1.82, 2.24) is 4.57 Å². The molecule has 2 saturated carbocycles. The van der Waals surface area contributed by atoms with Gasteiger partial charge in [0.1, 0.15) is 22.3 Å². The number of fused-ring (bicyclic) bond motifs is 3. The minimum Gasteiger partial charge on any atom is -0.508 e. The molecule has 3 aromatic rings. The van der Waals surface area contributed by atoms with E-state index >= 15 is 0 Å². The number of benzene rings is 1. The zero-order valence-corrected chi connectivity index (χ0v) is 18.9. The normalized spacial score (nSPS) is 26.1. The average molecular weight is 482 g/mol. The number of carbonyl (C=O) groups excluding carboxylic acids is 2. The number of hydrogen-bond donors (Lipinski definition) is 2. The Balaban J connectivity index is 1.39. The van der Waals surface area contributed by atoms with Crippen molar-refractivity contribution < 1.29 is 29.0 Å². The summed E-state index contributed by atoms with van der Waals surface area (Å²) in [7, 11) is 0. The molecule has 1 aromatic carbocycles. The molecule has 3 aliphatic rings. The fourth-order valence-electron chi connectivity index (χ4n) is 5.38.